The van der Waals surface area contributed by atoms with E-state index in [1.54, 1.807) is 97.1 Å². The van der Waals surface area contributed by atoms with Crippen LogP contribution >= 0.6 is 70.2 Å². The molecule has 8 rings (SSSR count). The summed E-state index contributed by atoms with van der Waals surface area (Å²) in [4.78, 5) is 108. The molecule has 74 heavy (non-hydrogen) atoms. The number of alkyl halides is 3. The summed E-state index contributed by atoms with van der Waals surface area (Å²) >= 11 is 11.3. The van der Waals surface area contributed by atoms with Crippen molar-refractivity contribution in [1.29, 1.82) is 0 Å². The molecule has 0 saturated carbocycles. The Bertz CT molecular complexity index is 2630. The summed E-state index contributed by atoms with van der Waals surface area (Å²) in [5.74, 6) is -1.64. The fraction of sp³-hybridized carbons (Fsp3) is 0.365. The number of carbonyl (C=O) groups is 9. The maximum Gasteiger partial charge on any atom is 1.00 e. The molecule has 0 spiro atoms. The first-order valence-corrected chi connectivity index (χ1v) is 30.3. The van der Waals surface area contributed by atoms with E-state index in [4.69, 9.17) is 10.7 Å². The van der Waals surface area contributed by atoms with E-state index >= 15 is 0 Å². The van der Waals surface area contributed by atoms with Gasteiger partial charge in [0.1, 0.15) is 0 Å². The molecule has 8 amide bonds. The third kappa shape index (κ3) is 19.7. The Morgan fingerprint density at radius 2 is 0.730 bits per heavy atom. The van der Waals surface area contributed by atoms with E-state index in [9.17, 15) is 51.6 Å². The van der Waals surface area contributed by atoms with E-state index in [2.05, 4.69) is 53.1 Å². The number of carbonyl (C=O) groups excluding carboxylic acids is 9. The summed E-state index contributed by atoms with van der Waals surface area (Å²) in [6.45, 7) is 2.70. The summed E-state index contributed by atoms with van der Waals surface area (Å²) in [6, 6.07) is 27.2. The summed E-state index contributed by atoms with van der Waals surface area (Å²) in [5, 5.41) is 6.61. The molecular weight excluding hydrogens is 1230 g/mol. The Hall–Kier alpha value is -3.22. The van der Waals surface area contributed by atoms with Crippen LogP contribution in [-0.4, -0.2) is 123 Å². The fourth-order valence-electron chi connectivity index (χ4n) is 7.46. The number of nitrogens with zero attached hydrogens (tertiary/aromatic N) is 4. The topological polar surface area (TPSA) is 212 Å². The largest absolute Gasteiger partial charge is 1.00 e. The average molecular weight is 1290 g/mol. The van der Waals surface area contributed by atoms with Gasteiger partial charge in [0.05, 0.1) is 50.9 Å². The molecule has 0 atom stereocenters. The van der Waals surface area contributed by atoms with Crippen molar-refractivity contribution in [2.45, 2.75) is 71.1 Å². The molecule has 0 unspecified atom stereocenters. The number of rotatable bonds is 19. The monoisotopic (exact) mass is 1290 g/mol. The summed E-state index contributed by atoms with van der Waals surface area (Å²) in [5.41, 5.74) is 3.72. The molecule has 15 nitrogen and oxygen atoms in total. The third-order valence-corrected chi connectivity index (χ3v) is 14.9. The van der Waals surface area contributed by atoms with Crippen LogP contribution in [0.4, 0.5) is 0 Å². The number of amides is 8. The quantitative estimate of drug-likeness (QED) is 0.0286. The fourth-order valence-corrected chi connectivity index (χ4v) is 10.1. The van der Waals surface area contributed by atoms with Gasteiger partial charge in [-0.05, 0) is 81.3 Å². The van der Waals surface area contributed by atoms with Crippen LogP contribution in [0.5, 0.6) is 0 Å². The van der Waals surface area contributed by atoms with Gasteiger partial charge in [-0.15, -0.1) is 0 Å². The van der Waals surface area contributed by atoms with Crippen molar-refractivity contribution in [1.82, 2.24) is 14.7 Å². The van der Waals surface area contributed by atoms with Crippen molar-refractivity contribution >= 4 is 132 Å². The molecule has 390 valence electrons. The normalized spacial score (nSPS) is 13.7. The maximum atomic E-state index is 12.0. The second-order valence-electron chi connectivity index (χ2n) is 16.4. The van der Waals surface area contributed by atoms with E-state index in [1.165, 1.54) is 52.6 Å². The SMILES string of the molecule is BrCCCCCBr.CC(=O)SCCCN1C(=O)c2ccccc2C1=O.O=C1[N-]C(=O)c2ccccc21.O=C1c2ccccc2C(=O)N1CCCCCBr.O=C1c2ccccc2C(=O)N1CCCCCS(=O)(=O)Cl.[K+]. The zero-order valence-electron chi connectivity index (χ0n) is 41.1. The van der Waals surface area contributed by atoms with Crippen LogP contribution < -0.4 is 51.4 Å². The first kappa shape index (κ1) is 65.1. The van der Waals surface area contributed by atoms with Gasteiger partial charge in [-0.3, -0.25) is 48.3 Å². The van der Waals surface area contributed by atoms with Crippen molar-refractivity contribution in [2.24, 2.45) is 0 Å². The van der Waals surface area contributed by atoms with Gasteiger partial charge in [0.25, 0.3) is 35.4 Å². The second kappa shape index (κ2) is 33.8. The molecule has 4 aromatic carbocycles. The van der Waals surface area contributed by atoms with E-state index in [-0.39, 0.29) is 97.7 Å². The second-order valence-corrected chi connectivity index (χ2v) is 22.9. The van der Waals surface area contributed by atoms with Crippen LogP contribution in [0.2, 0.25) is 0 Å². The number of halogens is 4. The number of hydrogen-bond acceptors (Lipinski definition) is 12. The number of fused-ring (bicyclic) bond motifs is 4. The van der Waals surface area contributed by atoms with E-state index in [1.807, 2.05) is 0 Å². The zero-order chi connectivity index (χ0) is 53.5. The predicted octanol–water partition coefficient (Wildman–Crippen LogP) is 8.13. The molecule has 4 heterocycles. The smallest absolute Gasteiger partial charge is 0.587 e. The number of hydrogen-bond donors (Lipinski definition) is 0. The van der Waals surface area contributed by atoms with Gasteiger partial charge in [-0.2, -0.15) is 0 Å². The van der Waals surface area contributed by atoms with Crippen LogP contribution in [0.25, 0.3) is 5.32 Å². The Morgan fingerprint density at radius 1 is 0.459 bits per heavy atom. The summed E-state index contributed by atoms with van der Waals surface area (Å²) in [6.07, 6.45) is 9.16. The van der Waals surface area contributed by atoms with Gasteiger partial charge in [0.15, 0.2) is 5.12 Å². The first-order valence-electron chi connectivity index (χ1n) is 23.5. The standard InChI is InChI=1S/C13H14BrNO2.C13H14ClNO4S.C13H13NO3S.C8H5NO2.C5H10Br2.K/c14-8-4-1-5-9-15-12(16)10-6-2-3-7-11(10)13(15)17;14-20(18,19)9-5-1-4-8-15-12(16)10-6-2-3-7-11(10)13(15)17;1-9(15)18-8-4-7-14-12(16)10-5-2-3-6-11(10)13(14)17;10-7-5-3-1-2-4-6(5)8(11)9-7;6-4-2-1-3-5-7;/h2-3,6-7H,1,4-5,8-9H2;2-3,6-7H,1,4-5,8-9H2;2-3,5-6H,4,7-8H2,1H3;1-4H,(H,9,10,11);1-5H2;/q;;;;;+1/p-1. The van der Waals surface area contributed by atoms with Gasteiger partial charge < -0.3 is 14.9 Å². The molecule has 0 aliphatic carbocycles. The molecule has 0 fully saturated rings. The van der Waals surface area contributed by atoms with Gasteiger partial charge >= 0.3 is 51.4 Å². The van der Waals surface area contributed by atoms with Crippen LogP contribution in [0.3, 0.4) is 0 Å². The van der Waals surface area contributed by atoms with Crippen molar-refractivity contribution in [3.05, 3.63) is 147 Å². The van der Waals surface area contributed by atoms with Crippen molar-refractivity contribution in [3.63, 3.8) is 0 Å². The minimum atomic E-state index is -3.46. The first-order chi connectivity index (χ1) is 35.0. The van der Waals surface area contributed by atoms with Crippen LogP contribution in [-0.2, 0) is 13.8 Å². The number of imide groups is 4. The molecule has 0 saturated heterocycles. The number of unbranched alkanes of at least 4 members (excludes halogenated alkanes) is 6. The minimum absolute atomic E-state index is 0. The number of benzene rings is 4. The van der Waals surface area contributed by atoms with Crippen LogP contribution in [0.1, 0.15) is 154 Å². The molecule has 0 N–H and O–H groups in total. The van der Waals surface area contributed by atoms with E-state index in [0.717, 1.165) is 35.3 Å². The average Bonchev–Trinajstić information content (AvgIpc) is 3.99. The van der Waals surface area contributed by atoms with Crippen molar-refractivity contribution in [3.8, 4) is 0 Å². The van der Waals surface area contributed by atoms with Gasteiger partial charge in [0, 0.05) is 70.1 Å². The molecule has 0 radical (unpaired) electrons. The Balaban J connectivity index is 0.000000252. The zero-order valence-corrected chi connectivity index (χ0v) is 51.3. The van der Waals surface area contributed by atoms with Crippen molar-refractivity contribution < 1.29 is 103 Å². The van der Waals surface area contributed by atoms with Gasteiger partial charge in [-0.25, -0.2) is 8.42 Å². The molecule has 22 heteroatoms. The minimum Gasteiger partial charge on any atom is -0.587 e. The maximum absolute atomic E-state index is 12.0. The molecule has 4 aliphatic rings. The van der Waals surface area contributed by atoms with Gasteiger partial charge in [0.2, 0.25) is 9.05 Å². The Kier molecular flexibility index (Phi) is 29.7. The third-order valence-electron chi connectivity index (χ3n) is 11.1. The van der Waals surface area contributed by atoms with Crippen LogP contribution in [0.15, 0.2) is 97.1 Å². The summed E-state index contributed by atoms with van der Waals surface area (Å²) < 4.78 is 21.5. The van der Waals surface area contributed by atoms with Crippen LogP contribution in [0, 0.1) is 0 Å². The molecule has 0 bridgehead atoms. The van der Waals surface area contributed by atoms with Gasteiger partial charge in [-0.1, -0.05) is 139 Å². The Labute approximate surface area is 508 Å². The molecule has 4 aromatic rings. The molecular formula is C52H55Br3ClKN4O11S2. The predicted molar refractivity (Wildman–Crippen MR) is 294 cm³/mol. The Morgan fingerprint density at radius 3 is 1.01 bits per heavy atom. The van der Waals surface area contributed by atoms with E-state index < -0.39 is 20.9 Å². The molecule has 4 aliphatic heterocycles. The van der Waals surface area contributed by atoms with Crippen molar-refractivity contribution in [2.75, 3.05) is 47.1 Å². The molecule has 0 aromatic heterocycles. The van der Waals surface area contributed by atoms with E-state index in [0.29, 0.717) is 95.6 Å². The summed E-state index contributed by atoms with van der Waals surface area (Å²) in [7, 11) is 1.64. The number of thioether (sulfide) groups is 1.